The fourth-order valence-corrected chi connectivity index (χ4v) is 3.05. The minimum atomic E-state index is -0.688. The fourth-order valence-electron chi connectivity index (χ4n) is 3.05. The molecule has 0 amide bonds. The van der Waals surface area contributed by atoms with E-state index in [0.29, 0.717) is 19.6 Å². The Morgan fingerprint density at radius 2 is 1.21 bits per heavy atom. The molecule has 28 heavy (non-hydrogen) atoms. The molecule has 0 aromatic heterocycles. The zero-order chi connectivity index (χ0) is 19.9. The largest absolute Gasteiger partial charge is 0.490 e. The molecule has 0 aliphatic heterocycles. The molecule has 2 aromatic carbocycles. The third-order valence-corrected chi connectivity index (χ3v) is 4.63. The van der Waals surface area contributed by atoms with Crippen LogP contribution in [0, 0.1) is 0 Å². The van der Waals surface area contributed by atoms with Crippen LogP contribution in [0.3, 0.4) is 0 Å². The van der Waals surface area contributed by atoms with Crippen molar-refractivity contribution >= 4 is 5.97 Å². The lowest BCUT2D eigenvalue weighted by atomic mass is 10.1. The Kier molecular flexibility index (Phi) is 10.6. The van der Waals surface area contributed by atoms with Gasteiger partial charge in [0, 0.05) is 6.42 Å². The van der Waals surface area contributed by atoms with Crippen molar-refractivity contribution in [3.8, 4) is 11.5 Å². The second-order valence-corrected chi connectivity index (χ2v) is 7.04. The second kappa shape index (κ2) is 13.6. The second-order valence-electron chi connectivity index (χ2n) is 7.04. The van der Waals surface area contributed by atoms with Gasteiger partial charge in [0.15, 0.2) is 11.5 Å². The molecule has 0 saturated heterocycles. The molecule has 4 nitrogen and oxygen atoms in total. The zero-order valence-corrected chi connectivity index (χ0v) is 16.6. The monoisotopic (exact) mass is 384 g/mol. The van der Waals surface area contributed by atoms with Gasteiger partial charge in [0.25, 0.3) is 0 Å². The highest BCUT2D eigenvalue weighted by Crippen LogP contribution is 2.27. The molecule has 0 bridgehead atoms. The van der Waals surface area contributed by atoms with E-state index in [2.05, 4.69) is 12.1 Å². The van der Waals surface area contributed by atoms with E-state index in [-0.39, 0.29) is 0 Å². The Bertz CT molecular complexity index is 669. The normalized spacial score (nSPS) is 10.6. The molecule has 0 radical (unpaired) electrons. The third-order valence-electron chi connectivity index (χ3n) is 4.63. The molecule has 4 heteroatoms. The van der Waals surface area contributed by atoms with Crippen molar-refractivity contribution in [1.82, 2.24) is 0 Å². The van der Waals surface area contributed by atoms with Gasteiger partial charge in [0.05, 0.1) is 6.61 Å². The summed E-state index contributed by atoms with van der Waals surface area (Å²) in [4.78, 5) is 10.4. The van der Waals surface area contributed by atoms with Crippen molar-refractivity contribution in [3.63, 3.8) is 0 Å². The highest BCUT2D eigenvalue weighted by atomic mass is 16.5. The number of hydrogen-bond donors (Lipinski definition) is 1. The molecule has 0 heterocycles. The Morgan fingerprint density at radius 3 is 1.86 bits per heavy atom. The van der Waals surface area contributed by atoms with Crippen molar-refractivity contribution in [2.75, 3.05) is 6.61 Å². The van der Waals surface area contributed by atoms with E-state index in [4.69, 9.17) is 14.6 Å². The van der Waals surface area contributed by atoms with E-state index in [1.165, 1.54) is 19.3 Å². The Hall–Kier alpha value is -2.49. The number of para-hydroxylation sites is 2. The van der Waals surface area contributed by atoms with Crippen molar-refractivity contribution < 1.29 is 19.4 Å². The number of unbranched alkanes of at least 4 members (excludes halogenated alkanes) is 7. The lowest BCUT2D eigenvalue weighted by molar-refractivity contribution is -0.137. The van der Waals surface area contributed by atoms with Gasteiger partial charge in [-0.2, -0.15) is 0 Å². The van der Waals surface area contributed by atoms with E-state index in [1.807, 2.05) is 42.5 Å². The van der Waals surface area contributed by atoms with Gasteiger partial charge < -0.3 is 14.6 Å². The van der Waals surface area contributed by atoms with E-state index < -0.39 is 5.97 Å². The smallest absolute Gasteiger partial charge is 0.303 e. The summed E-state index contributed by atoms with van der Waals surface area (Å²) in [6.07, 6.45) is 9.05. The van der Waals surface area contributed by atoms with Crippen LogP contribution < -0.4 is 9.47 Å². The summed E-state index contributed by atoms with van der Waals surface area (Å²) in [5.74, 6) is 0.900. The number of aliphatic carboxylic acids is 1. The molecule has 0 spiro atoms. The lowest BCUT2D eigenvalue weighted by Crippen LogP contribution is -2.01. The quantitative estimate of drug-likeness (QED) is 0.369. The maximum Gasteiger partial charge on any atom is 0.303 e. The first kappa shape index (κ1) is 21.8. The summed E-state index contributed by atoms with van der Waals surface area (Å²) >= 11 is 0. The van der Waals surface area contributed by atoms with Crippen LogP contribution in [0.2, 0.25) is 0 Å². The van der Waals surface area contributed by atoms with Crippen molar-refractivity contribution in [3.05, 3.63) is 60.2 Å². The van der Waals surface area contributed by atoms with Crippen LogP contribution in [0.1, 0.15) is 63.4 Å². The number of benzene rings is 2. The van der Waals surface area contributed by atoms with Crippen LogP contribution in [0.25, 0.3) is 0 Å². The van der Waals surface area contributed by atoms with Gasteiger partial charge in [-0.3, -0.25) is 4.79 Å². The van der Waals surface area contributed by atoms with E-state index in [1.54, 1.807) is 0 Å². The third kappa shape index (κ3) is 9.45. The number of ether oxygens (including phenoxy) is 2. The molecule has 0 aliphatic rings. The van der Waals surface area contributed by atoms with E-state index in [0.717, 1.165) is 49.2 Å². The van der Waals surface area contributed by atoms with Gasteiger partial charge in [-0.1, -0.05) is 81.0 Å². The van der Waals surface area contributed by atoms with E-state index >= 15 is 0 Å². The van der Waals surface area contributed by atoms with Gasteiger partial charge in [0.1, 0.15) is 6.61 Å². The number of carboxylic acid groups (broad SMARTS) is 1. The maximum absolute atomic E-state index is 10.4. The van der Waals surface area contributed by atoms with Crippen molar-refractivity contribution in [2.45, 2.75) is 64.4 Å². The van der Waals surface area contributed by atoms with Gasteiger partial charge in [-0.15, -0.1) is 0 Å². The summed E-state index contributed by atoms with van der Waals surface area (Å²) in [5.41, 5.74) is 1.14. The zero-order valence-electron chi connectivity index (χ0n) is 16.6. The first-order chi connectivity index (χ1) is 13.8. The molecular weight excluding hydrogens is 352 g/mol. The van der Waals surface area contributed by atoms with Gasteiger partial charge >= 0.3 is 5.97 Å². The standard InChI is InChI=1S/C24H32O4/c25-24(26)18-10-5-3-1-2-4-6-13-19-27-22-16-11-12-17-23(22)28-20-21-14-8-7-9-15-21/h7-9,11-12,14-17H,1-6,10,13,18-20H2,(H,25,26). The predicted octanol–water partition coefficient (Wildman–Crippen LogP) is 6.24. The van der Waals surface area contributed by atoms with Crippen molar-refractivity contribution in [1.29, 1.82) is 0 Å². The fraction of sp³-hybridized carbons (Fsp3) is 0.458. The first-order valence-electron chi connectivity index (χ1n) is 10.4. The van der Waals surface area contributed by atoms with Crippen LogP contribution in [-0.2, 0) is 11.4 Å². The van der Waals surface area contributed by atoms with Crippen LogP contribution >= 0.6 is 0 Å². The lowest BCUT2D eigenvalue weighted by Gasteiger charge is -2.12. The van der Waals surface area contributed by atoms with E-state index in [9.17, 15) is 4.79 Å². The van der Waals surface area contributed by atoms with Gasteiger partial charge in [-0.25, -0.2) is 0 Å². The minimum absolute atomic E-state index is 0.299. The number of rotatable bonds is 15. The van der Waals surface area contributed by atoms with Crippen molar-refractivity contribution in [2.24, 2.45) is 0 Å². The van der Waals surface area contributed by atoms with Gasteiger partial charge in [0.2, 0.25) is 0 Å². The number of carbonyl (C=O) groups is 1. The van der Waals surface area contributed by atoms with Crippen LogP contribution in [0.15, 0.2) is 54.6 Å². The molecule has 0 saturated carbocycles. The Morgan fingerprint density at radius 1 is 0.679 bits per heavy atom. The van der Waals surface area contributed by atoms with Gasteiger partial charge in [-0.05, 0) is 30.5 Å². The van der Waals surface area contributed by atoms with Crippen LogP contribution in [0.4, 0.5) is 0 Å². The molecule has 2 aromatic rings. The summed E-state index contributed by atoms with van der Waals surface area (Å²) in [7, 11) is 0. The summed E-state index contributed by atoms with van der Waals surface area (Å²) in [5, 5.41) is 8.60. The average Bonchev–Trinajstić information content (AvgIpc) is 2.71. The molecule has 0 atom stereocenters. The maximum atomic E-state index is 10.4. The highest BCUT2D eigenvalue weighted by Gasteiger charge is 2.04. The summed E-state index contributed by atoms with van der Waals surface area (Å²) < 4.78 is 11.8. The predicted molar refractivity (Wildman–Crippen MR) is 112 cm³/mol. The number of hydrogen-bond acceptors (Lipinski definition) is 3. The first-order valence-corrected chi connectivity index (χ1v) is 10.4. The summed E-state index contributed by atoms with van der Waals surface area (Å²) in [6.45, 7) is 1.23. The molecule has 152 valence electrons. The number of carboxylic acids is 1. The Balaban J connectivity index is 1.55. The van der Waals surface area contributed by atoms with Crippen LogP contribution in [0.5, 0.6) is 11.5 Å². The molecule has 0 aliphatic carbocycles. The molecular formula is C24H32O4. The SMILES string of the molecule is O=C(O)CCCCCCCCCCOc1ccccc1OCc1ccccc1. The molecule has 1 N–H and O–H groups in total. The minimum Gasteiger partial charge on any atom is -0.490 e. The topological polar surface area (TPSA) is 55.8 Å². The average molecular weight is 385 g/mol. The van der Waals surface area contributed by atoms with Crippen LogP contribution in [-0.4, -0.2) is 17.7 Å². The molecule has 2 rings (SSSR count). The molecule has 0 fully saturated rings. The summed E-state index contributed by atoms with van der Waals surface area (Å²) in [6, 6.07) is 18.0. The molecule has 0 unspecified atom stereocenters. The highest BCUT2D eigenvalue weighted by molar-refractivity contribution is 5.66. The Labute approximate surface area is 168 Å².